The average molecular weight is 337 g/mol. The van der Waals surface area contributed by atoms with Gasteiger partial charge in [0.15, 0.2) is 0 Å². The molecule has 0 saturated heterocycles. The lowest BCUT2D eigenvalue weighted by Gasteiger charge is -2.15. The first-order chi connectivity index (χ1) is 9.55. The number of aryl methyl sites for hydroxylation is 2. The van der Waals surface area contributed by atoms with E-state index in [4.69, 9.17) is 9.47 Å². The number of hydrogen-bond donors (Lipinski definition) is 1. The Balaban J connectivity index is 2.41. The van der Waals surface area contributed by atoms with E-state index in [0.717, 1.165) is 38.6 Å². The van der Waals surface area contributed by atoms with Crippen molar-refractivity contribution in [3.8, 4) is 11.5 Å². The van der Waals surface area contributed by atoms with Crippen LogP contribution in [0.3, 0.4) is 0 Å². The third-order valence-corrected chi connectivity index (χ3v) is 3.45. The van der Waals surface area contributed by atoms with Crippen LogP contribution in [0.1, 0.15) is 11.1 Å². The molecule has 106 valence electrons. The summed E-state index contributed by atoms with van der Waals surface area (Å²) in [5.74, 6) is 2.35. The maximum atomic E-state index is 5.41. The molecule has 1 aromatic heterocycles. The molecule has 0 aliphatic rings. The number of rotatable bonds is 4. The highest BCUT2D eigenvalue weighted by Gasteiger charge is 2.10. The van der Waals surface area contributed by atoms with Crippen LogP contribution in [0, 0.1) is 13.8 Å². The van der Waals surface area contributed by atoms with Crippen molar-refractivity contribution in [1.82, 2.24) is 4.98 Å². The largest absolute Gasteiger partial charge is 0.496 e. The van der Waals surface area contributed by atoms with Crippen LogP contribution in [0.25, 0.3) is 0 Å². The minimum Gasteiger partial charge on any atom is -0.496 e. The third kappa shape index (κ3) is 3.04. The Morgan fingerprint density at radius 3 is 2.30 bits per heavy atom. The van der Waals surface area contributed by atoms with Crippen LogP contribution in [-0.4, -0.2) is 19.2 Å². The number of benzene rings is 1. The van der Waals surface area contributed by atoms with Crippen LogP contribution in [0.4, 0.5) is 11.5 Å². The van der Waals surface area contributed by atoms with Gasteiger partial charge in [0.2, 0.25) is 0 Å². The zero-order chi connectivity index (χ0) is 14.7. The number of aromatic nitrogens is 1. The minimum absolute atomic E-state index is 0.757. The summed E-state index contributed by atoms with van der Waals surface area (Å²) in [6.07, 6.45) is 1.76. The second kappa shape index (κ2) is 6.13. The summed E-state index contributed by atoms with van der Waals surface area (Å²) in [5.41, 5.74) is 2.89. The number of anilines is 2. The number of hydrogen-bond acceptors (Lipinski definition) is 4. The van der Waals surface area contributed by atoms with E-state index >= 15 is 0 Å². The quantitative estimate of drug-likeness (QED) is 0.907. The molecule has 0 spiro atoms. The molecule has 2 rings (SSSR count). The van der Waals surface area contributed by atoms with Crippen LogP contribution in [0.15, 0.2) is 28.9 Å². The van der Waals surface area contributed by atoms with Gasteiger partial charge in [0.25, 0.3) is 0 Å². The number of halogens is 1. The Morgan fingerprint density at radius 2 is 1.70 bits per heavy atom. The molecule has 0 atom stereocenters. The number of nitrogens with zero attached hydrogens (tertiary/aromatic N) is 1. The van der Waals surface area contributed by atoms with Crippen molar-refractivity contribution in [3.05, 3.63) is 40.0 Å². The first-order valence-electron chi connectivity index (χ1n) is 6.17. The molecular formula is C15H17BrN2O2. The highest BCUT2D eigenvalue weighted by molar-refractivity contribution is 9.10. The van der Waals surface area contributed by atoms with Gasteiger partial charge in [0.05, 0.1) is 19.9 Å². The van der Waals surface area contributed by atoms with Crippen LogP contribution >= 0.6 is 15.9 Å². The summed E-state index contributed by atoms with van der Waals surface area (Å²) in [4.78, 5) is 4.37. The molecule has 0 fully saturated rings. The fraction of sp³-hybridized carbons (Fsp3) is 0.267. The van der Waals surface area contributed by atoms with Gasteiger partial charge < -0.3 is 14.8 Å². The van der Waals surface area contributed by atoms with Crippen molar-refractivity contribution in [2.75, 3.05) is 19.5 Å². The zero-order valence-corrected chi connectivity index (χ0v) is 13.5. The number of pyridine rings is 1. The van der Waals surface area contributed by atoms with E-state index in [-0.39, 0.29) is 0 Å². The van der Waals surface area contributed by atoms with E-state index in [9.17, 15) is 0 Å². The molecular weight excluding hydrogens is 320 g/mol. The second-order valence-corrected chi connectivity index (χ2v) is 5.38. The van der Waals surface area contributed by atoms with E-state index in [0.29, 0.717) is 0 Å². The van der Waals surface area contributed by atoms with Crippen molar-refractivity contribution in [2.45, 2.75) is 13.8 Å². The van der Waals surface area contributed by atoms with Gasteiger partial charge in [-0.1, -0.05) is 0 Å². The molecule has 0 aliphatic carbocycles. The highest BCUT2D eigenvalue weighted by atomic mass is 79.9. The van der Waals surface area contributed by atoms with Crippen LogP contribution < -0.4 is 14.8 Å². The van der Waals surface area contributed by atoms with Crippen molar-refractivity contribution in [2.24, 2.45) is 0 Å². The molecule has 1 aromatic carbocycles. The summed E-state index contributed by atoms with van der Waals surface area (Å²) in [6, 6.07) is 5.86. The van der Waals surface area contributed by atoms with E-state index in [2.05, 4.69) is 26.2 Å². The predicted octanol–water partition coefficient (Wildman–Crippen LogP) is 4.22. The second-order valence-electron chi connectivity index (χ2n) is 4.47. The molecule has 20 heavy (non-hydrogen) atoms. The lowest BCUT2D eigenvalue weighted by atomic mass is 10.1. The summed E-state index contributed by atoms with van der Waals surface area (Å²) >= 11 is 3.41. The first-order valence-corrected chi connectivity index (χ1v) is 6.96. The first kappa shape index (κ1) is 14.7. The normalized spacial score (nSPS) is 10.2. The maximum Gasteiger partial charge on any atom is 0.142 e. The van der Waals surface area contributed by atoms with Crippen molar-refractivity contribution in [1.29, 1.82) is 0 Å². The van der Waals surface area contributed by atoms with Crippen LogP contribution in [0.5, 0.6) is 11.5 Å². The molecule has 1 N–H and O–H groups in total. The van der Waals surface area contributed by atoms with Crippen molar-refractivity contribution < 1.29 is 9.47 Å². The van der Waals surface area contributed by atoms with Gasteiger partial charge in [-0.25, -0.2) is 4.98 Å². The third-order valence-electron chi connectivity index (χ3n) is 3.01. The van der Waals surface area contributed by atoms with E-state index < -0.39 is 0 Å². The molecule has 0 aliphatic heterocycles. The lowest BCUT2D eigenvalue weighted by molar-refractivity contribution is 0.402. The molecule has 2 aromatic rings. The average Bonchev–Trinajstić information content (AvgIpc) is 2.43. The molecule has 5 heteroatoms. The molecule has 4 nitrogen and oxygen atoms in total. The summed E-state index contributed by atoms with van der Waals surface area (Å²) in [5, 5.41) is 3.28. The van der Waals surface area contributed by atoms with Crippen LogP contribution in [-0.2, 0) is 0 Å². The van der Waals surface area contributed by atoms with Gasteiger partial charge in [-0.3, -0.25) is 0 Å². The fourth-order valence-corrected chi connectivity index (χ4v) is 2.39. The Labute approximate surface area is 127 Å². The van der Waals surface area contributed by atoms with Crippen molar-refractivity contribution in [3.63, 3.8) is 0 Å². The molecule has 0 unspecified atom stereocenters. The molecule has 0 radical (unpaired) electrons. The Kier molecular flexibility index (Phi) is 4.49. The smallest absolute Gasteiger partial charge is 0.142 e. The van der Waals surface area contributed by atoms with Gasteiger partial charge in [0, 0.05) is 16.7 Å². The number of methoxy groups -OCH3 is 2. The topological polar surface area (TPSA) is 43.4 Å². The Bertz CT molecular complexity index is 630. The molecule has 0 amide bonds. The molecule has 0 saturated carbocycles. The number of ether oxygens (including phenoxy) is 2. The summed E-state index contributed by atoms with van der Waals surface area (Å²) in [7, 11) is 3.30. The highest BCUT2D eigenvalue weighted by Crippen LogP contribution is 2.34. The standard InChI is InChI=1S/C15H17BrN2O2/c1-9-6-14(20-4)12(7-13(9)19-3)18-15-10(2)5-11(16)8-17-15/h5-8H,1-4H3,(H,17,18). The van der Waals surface area contributed by atoms with Crippen LogP contribution in [0.2, 0.25) is 0 Å². The predicted molar refractivity (Wildman–Crippen MR) is 84.2 cm³/mol. The molecule has 0 bridgehead atoms. The minimum atomic E-state index is 0.757. The van der Waals surface area contributed by atoms with Gasteiger partial charge >= 0.3 is 0 Å². The maximum absolute atomic E-state index is 5.41. The SMILES string of the molecule is COc1cc(Nc2ncc(Br)cc2C)c(OC)cc1C. The van der Waals surface area contributed by atoms with E-state index in [1.54, 1.807) is 20.4 Å². The van der Waals surface area contributed by atoms with Gasteiger partial charge in [-0.15, -0.1) is 0 Å². The van der Waals surface area contributed by atoms with E-state index in [1.165, 1.54) is 0 Å². The fourth-order valence-electron chi connectivity index (χ4n) is 1.95. The van der Waals surface area contributed by atoms with Gasteiger partial charge in [0.1, 0.15) is 17.3 Å². The molecule has 1 heterocycles. The van der Waals surface area contributed by atoms with Gasteiger partial charge in [-0.05, 0) is 53.0 Å². The van der Waals surface area contributed by atoms with Crippen molar-refractivity contribution >= 4 is 27.4 Å². The summed E-state index contributed by atoms with van der Waals surface area (Å²) in [6.45, 7) is 3.98. The monoisotopic (exact) mass is 336 g/mol. The number of nitrogens with one attached hydrogen (secondary N) is 1. The Hall–Kier alpha value is -1.75. The van der Waals surface area contributed by atoms with E-state index in [1.807, 2.05) is 32.0 Å². The Morgan fingerprint density at radius 1 is 1.00 bits per heavy atom. The zero-order valence-electron chi connectivity index (χ0n) is 12.0. The van der Waals surface area contributed by atoms with Gasteiger partial charge in [-0.2, -0.15) is 0 Å². The lowest BCUT2D eigenvalue weighted by Crippen LogP contribution is -2.00. The summed E-state index contributed by atoms with van der Waals surface area (Å²) < 4.78 is 11.7.